The third-order valence-corrected chi connectivity index (χ3v) is 5.46. The van der Waals surface area contributed by atoms with E-state index >= 15 is 0 Å². The fraction of sp³-hybridized carbons (Fsp3) is 0.150. The number of halogens is 2. The summed E-state index contributed by atoms with van der Waals surface area (Å²) in [6.45, 7) is 0. The van der Waals surface area contributed by atoms with Gasteiger partial charge < -0.3 is 4.52 Å². The molecule has 2 heterocycles. The minimum Gasteiger partial charge on any atom is -0.334 e. The Morgan fingerprint density at radius 2 is 1.78 bits per heavy atom. The molecule has 134 valence electrons. The summed E-state index contributed by atoms with van der Waals surface area (Å²) in [6, 6.07) is 11.2. The normalized spacial score (nSPS) is 13.9. The molecule has 5 rings (SSSR count). The van der Waals surface area contributed by atoms with Gasteiger partial charge in [0.2, 0.25) is 5.82 Å². The molecular formula is C20H13F2N3OS. The van der Waals surface area contributed by atoms with Crippen molar-refractivity contribution in [2.75, 3.05) is 0 Å². The van der Waals surface area contributed by atoms with Crippen LogP contribution in [0.3, 0.4) is 0 Å². The topological polar surface area (TPSA) is 51.8 Å². The molecule has 4 nitrogen and oxygen atoms in total. The zero-order valence-electron chi connectivity index (χ0n) is 14.0. The summed E-state index contributed by atoms with van der Waals surface area (Å²) < 4.78 is 31.8. The summed E-state index contributed by atoms with van der Waals surface area (Å²) in [5.74, 6) is -0.722. The quantitative estimate of drug-likeness (QED) is 0.456. The summed E-state index contributed by atoms with van der Waals surface area (Å²) in [7, 11) is 0. The van der Waals surface area contributed by atoms with Crippen molar-refractivity contribution in [2.24, 2.45) is 0 Å². The Balaban J connectivity index is 1.46. The zero-order chi connectivity index (χ0) is 18.4. The number of rotatable bonds is 4. The lowest BCUT2D eigenvalue weighted by atomic mass is 10.1. The number of benzene rings is 2. The Labute approximate surface area is 157 Å². The van der Waals surface area contributed by atoms with E-state index in [1.807, 2.05) is 24.3 Å². The molecule has 0 N–H and O–H groups in total. The highest BCUT2D eigenvalue weighted by Crippen LogP contribution is 2.42. The van der Waals surface area contributed by atoms with Gasteiger partial charge in [-0.15, -0.1) is 11.3 Å². The van der Waals surface area contributed by atoms with Crippen LogP contribution in [-0.2, 0) is 0 Å². The van der Waals surface area contributed by atoms with Crippen molar-refractivity contribution in [2.45, 2.75) is 18.8 Å². The molecule has 0 radical (unpaired) electrons. The first-order valence-corrected chi connectivity index (χ1v) is 9.41. The molecule has 2 aromatic heterocycles. The second kappa shape index (κ2) is 6.35. The maximum Gasteiger partial charge on any atom is 0.258 e. The monoisotopic (exact) mass is 381 g/mol. The van der Waals surface area contributed by atoms with Crippen molar-refractivity contribution < 1.29 is 13.3 Å². The van der Waals surface area contributed by atoms with E-state index in [1.54, 1.807) is 11.3 Å². The van der Waals surface area contributed by atoms with Gasteiger partial charge in [0, 0.05) is 28.0 Å². The number of nitrogens with zero attached hydrogens (tertiary/aromatic N) is 3. The maximum absolute atomic E-state index is 13.4. The fourth-order valence-electron chi connectivity index (χ4n) is 2.84. The largest absolute Gasteiger partial charge is 0.334 e. The highest BCUT2D eigenvalue weighted by atomic mass is 32.1. The molecule has 1 aliphatic rings. The molecule has 0 saturated heterocycles. The molecule has 0 aliphatic heterocycles. The summed E-state index contributed by atoms with van der Waals surface area (Å²) in [6.07, 6.45) is 2.45. The van der Waals surface area contributed by atoms with Gasteiger partial charge in [-0.3, -0.25) is 0 Å². The Kier molecular flexibility index (Phi) is 3.82. The van der Waals surface area contributed by atoms with Crippen LogP contribution in [0, 0.1) is 11.6 Å². The Bertz CT molecular complexity index is 1130. The van der Waals surface area contributed by atoms with E-state index in [9.17, 15) is 8.78 Å². The van der Waals surface area contributed by atoms with Crippen LogP contribution in [0.25, 0.3) is 34.1 Å². The van der Waals surface area contributed by atoms with Crippen molar-refractivity contribution in [1.82, 2.24) is 15.1 Å². The Morgan fingerprint density at radius 1 is 0.926 bits per heavy atom. The van der Waals surface area contributed by atoms with E-state index in [1.165, 1.54) is 23.9 Å². The van der Waals surface area contributed by atoms with Crippen molar-refractivity contribution in [1.29, 1.82) is 0 Å². The number of aromatic nitrogens is 3. The van der Waals surface area contributed by atoms with Crippen LogP contribution in [0.4, 0.5) is 8.78 Å². The summed E-state index contributed by atoms with van der Waals surface area (Å²) >= 11 is 1.69. The van der Waals surface area contributed by atoms with Crippen molar-refractivity contribution >= 4 is 11.3 Å². The molecule has 7 heteroatoms. The minimum absolute atomic E-state index is 0.138. The van der Waals surface area contributed by atoms with Crippen LogP contribution in [-0.4, -0.2) is 15.1 Å². The van der Waals surface area contributed by atoms with Gasteiger partial charge >= 0.3 is 0 Å². The maximum atomic E-state index is 13.4. The zero-order valence-corrected chi connectivity index (χ0v) is 14.8. The molecule has 0 amide bonds. The predicted molar refractivity (Wildman–Crippen MR) is 98.2 cm³/mol. The van der Waals surface area contributed by atoms with Crippen LogP contribution in [0.5, 0.6) is 0 Å². The number of thiazole rings is 1. The van der Waals surface area contributed by atoms with Gasteiger partial charge in [-0.05, 0) is 37.1 Å². The second-order valence-electron chi connectivity index (χ2n) is 6.48. The fourth-order valence-corrected chi connectivity index (χ4v) is 3.84. The average molecular weight is 381 g/mol. The molecule has 1 saturated carbocycles. The van der Waals surface area contributed by atoms with Gasteiger partial charge in [0.15, 0.2) is 11.6 Å². The molecule has 1 aliphatic carbocycles. The third-order valence-electron chi connectivity index (χ3n) is 4.46. The van der Waals surface area contributed by atoms with E-state index in [2.05, 4.69) is 15.5 Å². The van der Waals surface area contributed by atoms with E-state index in [0.29, 0.717) is 17.3 Å². The molecule has 4 aromatic rings. The molecule has 27 heavy (non-hydrogen) atoms. The highest BCUT2D eigenvalue weighted by molar-refractivity contribution is 7.10. The average Bonchev–Trinajstić information content (AvgIpc) is 3.21. The molecule has 0 atom stereocenters. The summed E-state index contributed by atoms with van der Waals surface area (Å²) in [4.78, 5) is 9.04. The first kappa shape index (κ1) is 16.3. The summed E-state index contributed by atoms with van der Waals surface area (Å²) in [5, 5.41) is 7.23. The first-order valence-electron chi connectivity index (χ1n) is 8.53. The molecule has 0 spiro atoms. The van der Waals surface area contributed by atoms with Crippen molar-refractivity contribution in [3.63, 3.8) is 0 Å². The first-order chi connectivity index (χ1) is 13.2. The molecule has 2 aromatic carbocycles. The molecule has 0 unspecified atom stereocenters. The van der Waals surface area contributed by atoms with Gasteiger partial charge in [0.1, 0.15) is 0 Å². The lowest BCUT2D eigenvalue weighted by Gasteiger charge is -1.99. The van der Waals surface area contributed by atoms with Crippen molar-refractivity contribution in [3.05, 3.63) is 64.5 Å². The SMILES string of the molecule is Fc1ccc(-c2nc(-c3cccc(-c4csc(C5CC5)n4)c3)no2)cc1F. The number of hydrogen-bond donors (Lipinski definition) is 0. The lowest BCUT2D eigenvalue weighted by Crippen LogP contribution is -1.86. The van der Waals surface area contributed by atoms with E-state index in [-0.39, 0.29) is 5.89 Å². The van der Waals surface area contributed by atoms with Crippen LogP contribution in [0.15, 0.2) is 52.4 Å². The number of hydrogen-bond acceptors (Lipinski definition) is 5. The van der Waals surface area contributed by atoms with Gasteiger partial charge in [-0.2, -0.15) is 4.98 Å². The van der Waals surface area contributed by atoms with Crippen LogP contribution in [0.1, 0.15) is 23.8 Å². The van der Waals surface area contributed by atoms with Crippen LogP contribution < -0.4 is 0 Å². The van der Waals surface area contributed by atoms with Gasteiger partial charge in [-0.1, -0.05) is 23.4 Å². The van der Waals surface area contributed by atoms with E-state index in [4.69, 9.17) is 9.51 Å². The smallest absolute Gasteiger partial charge is 0.258 e. The Morgan fingerprint density at radius 3 is 2.59 bits per heavy atom. The van der Waals surface area contributed by atoms with Crippen LogP contribution in [0.2, 0.25) is 0 Å². The molecule has 1 fully saturated rings. The van der Waals surface area contributed by atoms with Crippen LogP contribution >= 0.6 is 11.3 Å². The standard InChI is InChI=1S/C20H13F2N3OS/c21-15-7-6-14(9-16(15)22)19-24-18(25-26-19)13-3-1-2-12(8-13)17-10-27-20(23-17)11-4-5-11/h1-3,6-11H,4-5H2. The molecule has 0 bridgehead atoms. The molecular weight excluding hydrogens is 368 g/mol. The minimum atomic E-state index is -0.954. The van der Waals surface area contributed by atoms with Gasteiger partial charge in [0.25, 0.3) is 5.89 Å². The van der Waals surface area contributed by atoms with Gasteiger partial charge in [-0.25, -0.2) is 13.8 Å². The lowest BCUT2D eigenvalue weighted by molar-refractivity contribution is 0.431. The van der Waals surface area contributed by atoms with E-state index in [0.717, 1.165) is 29.0 Å². The predicted octanol–water partition coefficient (Wildman–Crippen LogP) is 5.68. The van der Waals surface area contributed by atoms with E-state index < -0.39 is 11.6 Å². The van der Waals surface area contributed by atoms with Crippen molar-refractivity contribution in [3.8, 4) is 34.1 Å². The Hall–Kier alpha value is -2.93. The summed E-state index contributed by atoms with van der Waals surface area (Å²) in [5.41, 5.74) is 3.02. The third kappa shape index (κ3) is 3.14. The highest BCUT2D eigenvalue weighted by Gasteiger charge is 2.26. The van der Waals surface area contributed by atoms with Gasteiger partial charge in [0.05, 0.1) is 10.7 Å². The second-order valence-corrected chi connectivity index (χ2v) is 7.37.